The predicted molar refractivity (Wildman–Crippen MR) is 61.0 cm³/mol. The lowest BCUT2D eigenvalue weighted by Crippen LogP contribution is -1.82. The number of ether oxygens (including phenoxy) is 1. The second-order valence-electron chi connectivity index (χ2n) is 3.01. The average molecular weight is 215 g/mol. The van der Waals surface area contributed by atoms with Crippen LogP contribution in [0.15, 0.2) is 35.7 Å². The van der Waals surface area contributed by atoms with Gasteiger partial charge in [0.1, 0.15) is 5.75 Å². The summed E-state index contributed by atoms with van der Waals surface area (Å²) in [6.07, 6.45) is 0. The van der Waals surface area contributed by atoms with Gasteiger partial charge >= 0.3 is 0 Å². The van der Waals surface area contributed by atoms with E-state index in [0.29, 0.717) is 5.56 Å². The van der Waals surface area contributed by atoms with Crippen molar-refractivity contribution in [2.24, 2.45) is 0 Å². The topological polar surface area (TPSA) is 33.0 Å². The summed E-state index contributed by atoms with van der Waals surface area (Å²) in [4.78, 5) is 1.10. The van der Waals surface area contributed by atoms with Crippen molar-refractivity contribution >= 4 is 11.3 Å². The molecule has 2 aromatic rings. The number of hydrogen-bond donors (Lipinski definition) is 0. The van der Waals surface area contributed by atoms with Gasteiger partial charge in [-0.2, -0.15) is 5.26 Å². The normalized spacial score (nSPS) is 9.60. The highest BCUT2D eigenvalue weighted by atomic mass is 32.1. The van der Waals surface area contributed by atoms with Gasteiger partial charge in [-0.1, -0.05) is 12.1 Å². The van der Waals surface area contributed by atoms with Gasteiger partial charge in [0.05, 0.1) is 23.6 Å². The van der Waals surface area contributed by atoms with Crippen LogP contribution >= 0.6 is 11.3 Å². The highest BCUT2D eigenvalue weighted by Crippen LogP contribution is 2.35. The Hall–Kier alpha value is -1.79. The van der Waals surface area contributed by atoms with E-state index in [-0.39, 0.29) is 0 Å². The van der Waals surface area contributed by atoms with Gasteiger partial charge < -0.3 is 4.74 Å². The van der Waals surface area contributed by atoms with Crippen LogP contribution in [-0.2, 0) is 0 Å². The van der Waals surface area contributed by atoms with Gasteiger partial charge in [0, 0.05) is 0 Å². The van der Waals surface area contributed by atoms with Crippen LogP contribution in [0.5, 0.6) is 5.75 Å². The van der Waals surface area contributed by atoms with Crippen LogP contribution < -0.4 is 4.74 Å². The highest BCUT2D eigenvalue weighted by Gasteiger charge is 2.06. The summed E-state index contributed by atoms with van der Waals surface area (Å²) in [6.45, 7) is 0. The van der Waals surface area contributed by atoms with Crippen molar-refractivity contribution in [2.45, 2.75) is 0 Å². The lowest BCUT2D eigenvalue weighted by molar-refractivity contribution is 0.418. The molecule has 0 unspecified atom stereocenters. The first-order valence-corrected chi connectivity index (χ1v) is 5.35. The van der Waals surface area contributed by atoms with Gasteiger partial charge in [-0.25, -0.2) is 0 Å². The number of rotatable bonds is 2. The van der Waals surface area contributed by atoms with Gasteiger partial charge in [-0.15, -0.1) is 11.3 Å². The maximum atomic E-state index is 8.69. The van der Waals surface area contributed by atoms with Crippen LogP contribution in [0.2, 0.25) is 0 Å². The number of thiophene rings is 1. The van der Waals surface area contributed by atoms with Crippen LogP contribution in [0, 0.1) is 11.3 Å². The summed E-state index contributed by atoms with van der Waals surface area (Å²) in [5, 5.41) is 10.7. The minimum atomic E-state index is 0.675. The molecule has 1 aromatic carbocycles. The fraction of sp³-hybridized carbons (Fsp3) is 0.0833. The Kier molecular flexibility index (Phi) is 2.70. The maximum Gasteiger partial charge on any atom is 0.137 e. The molecule has 0 saturated carbocycles. The van der Waals surface area contributed by atoms with Crippen LogP contribution in [0.1, 0.15) is 5.56 Å². The molecule has 0 N–H and O–H groups in total. The Morgan fingerprint density at radius 3 is 2.53 bits per heavy atom. The van der Waals surface area contributed by atoms with Crippen molar-refractivity contribution in [2.75, 3.05) is 7.11 Å². The molecule has 74 valence electrons. The van der Waals surface area contributed by atoms with Crippen molar-refractivity contribution in [1.29, 1.82) is 5.26 Å². The zero-order chi connectivity index (χ0) is 10.7. The van der Waals surface area contributed by atoms with Gasteiger partial charge in [-0.3, -0.25) is 0 Å². The third-order valence-corrected chi connectivity index (χ3v) is 3.07. The fourth-order valence-corrected chi connectivity index (χ4v) is 2.23. The van der Waals surface area contributed by atoms with E-state index >= 15 is 0 Å². The van der Waals surface area contributed by atoms with Crippen molar-refractivity contribution in [3.63, 3.8) is 0 Å². The largest absolute Gasteiger partial charge is 0.495 e. The molecular weight excluding hydrogens is 206 g/mol. The van der Waals surface area contributed by atoms with E-state index in [1.54, 1.807) is 18.4 Å². The van der Waals surface area contributed by atoms with Crippen LogP contribution in [-0.4, -0.2) is 7.11 Å². The van der Waals surface area contributed by atoms with Gasteiger partial charge in [-0.05, 0) is 29.1 Å². The van der Waals surface area contributed by atoms with E-state index in [9.17, 15) is 0 Å². The molecule has 0 radical (unpaired) electrons. The van der Waals surface area contributed by atoms with Gasteiger partial charge in [0.25, 0.3) is 0 Å². The molecule has 0 amide bonds. The second-order valence-corrected chi connectivity index (χ2v) is 3.92. The van der Waals surface area contributed by atoms with Crippen LogP contribution in [0.3, 0.4) is 0 Å². The summed E-state index contributed by atoms with van der Waals surface area (Å²) >= 11 is 1.63. The van der Waals surface area contributed by atoms with Gasteiger partial charge in [0.2, 0.25) is 0 Å². The summed E-state index contributed by atoms with van der Waals surface area (Å²) < 4.78 is 5.24. The highest BCUT2D eigenvalue weighted by molar-refractivity contribution is 7.14. The van der Waals surface area contributed by atoms with Gasteiger partial charge in [0.15, 0.2) is 0 Å². The molecule has 0 atom stereocenters. The van der Waals surface area contributed by atoms with E-state index in [4.69, 9.17) is 10.00 Å². The average Bonchev–Trinajstić information content (AvgIpc) is 2.77. The molecule has 0 bridgehead atoms. The lowest BCUT2D eigenvalue weighted by atomic mass is 10.1. The number of nitrogens with zero attached hydrogens (tertiary/aromatic N) is 1. The van der Waals surface area contributed by atoms with Crippen LogP contribution in [0.4, 0.5) is 0 Å². The lowest BCUT2D eigenvalue weighted by Gasteiger charge is -2.02. The molecule has 0 aliphatic heterocycles. The third kappa shape index (κ3) is 1.85. The Balaban J connectivity index is 2.42. The molecule has 0 fully saturated rings. The van der Waals surface area contributed by atoms with E-state index in [2.05, 4.69) is 6.07 Å². The molecule has 0 saturated heterocycles. The fourth-order valence-electron chi connectivity index (χ4n) is 1.36. The van der Waals surface area contributed by atoms with Crippen molar-refractivity contribution < 1.29 is 4.74 Å². The molecule has 0 aliphatic rings. The Bertz CT molecular complexity index is 493. The van der Waals surface area contributed by atoms with E-state index in [1.165, 1.54) is 0 Å². The van der Waals surface area contributed by atoms with E-state index in [0.717, 1.165) is 16.2 Å². The molecule has 0 spiro atoms. The number of nitriles is 1. The first-order chi connectivity index (χ1) is 7.35. The molecule has 2 rings (SSSR count). The molecule has 1 heterocycles. The first kappa shape index (κ1) is 9.75. The number of benzene rings is 1. The standard InChI is InChI=1S/C12H9NOS/c1-14-11-6-7-15-12(11)10-4-2-9(8-13)3-5-10/h2-7H,1H3. The zero-order valence-electron chi connectivity index (χ0n) is 8.23. The molecule has 0 aliphatic carbocycles. The molecule has 2 nitrogen and oxygen atoms in total. The summed E-state index contributed by atoms with van der Waals surface area (Å²) in [5.74, 6) is 0.879. The quantitative estimate of drug-likeness (QED) is 0.770. The molecular formula is C12H9NOS. The van der Waals surface area contributed by atoms with Crippen molar-refractivity contribution in [3.8, 4) is 22.3 Å². The minimum Gasteiger partial charge on any atom is -0.495 e. The number of hydrogen-bond acceptors (Lipinski definition) is 3. The summed E-state index contributed by atoms with van der Waals surface area (Å²) in [7, 11) is 1.66. The van der Waals surface area contributed by atoms with E-state index in [1.807, 2.05) is 35.7 Å². The maximum absolute atomic E-state index is 8.69. The SMILES string of the molecule is COc1ccsc1-c1ccc(C#N)cc1. The molecule has 15 heavy (non-hydrogen) atoms. The first-order valence-electron chi connectivity index (χ1n) is 4.47. The second kappa shape index (κ2) is 4.16. The third-order valence-electron chi connectivity index (χ3n) is 2.13. The monoisotopic (exact) mass is 215 g/mol. The van der Waals surface area contributed by atoms with Crippen molar-refractivity contribution in [3.05, 3.63) is 41.3 Å². The molecule has 1 aromatic heterocycles. The minimum absolute atomic E-state index is 0.675. The number of methoxy groups -OCH3 is 1. The Morgan fingerprint density at radius 1 is 1.20 bits per heavy atom. The summed E-state index contributed by atoms with van der Waals surface area (Å²) in [5.41, 5.74) is 1.76. The smallest absolute Gasteiger partial charge is 0.137 e. The Morgan fingerprint density at radius 2 is 1.93 bits per heavy atom. The van der Waals surface area contributed by atoms with Crippen LogP contribution in [0.25, 0.3) is 10.4 Å². The van der Waals surface area contributed by atoms with Crippen molar-refractivity contribution in [1.82, 2.24) is 0 Å². The Labute approximate surface area is 92.4 Å². The predicted octanol–water partition coefficient (Wildman–Crippen LogP) is 3.30. The van der Waals surface area contributed by atoms with E-state index < -0.39 is 0 Å². The summed E-state index contributed by atoms with van der Waals surface area (Å²) in [6, 6.07) is 11.5. The zero-order valence-corrected chi connectivity index (χ0v) is 9.04. The molecule has 3 heteroatoms.